The SMILES string of the molecule is O=C1C=CCCC12CCC2. The van der Waals surface area contributed by atoms with Crippen molar-refractivity contribution >= 4 is 5.78 Å². The molecule has 54 valence electrons. The van der Waals surface area contributed by atoms with Crippen LogP contribution in [0.1, 0.15) is 32.1 Å². The molecule has 0 aromatic heterocycles. The minimum Gasteiger partial charge on any atom is -0.294 e. The van der Waals surface area contributed by atoms with Crippen molar-refractivity contribution in [3.63, 3.8) is 0 Å². The van der Waals surface area contributed by atoms with Gasteiger partial charge in [-0.25, -0.2) is 0 Å². The number of hydrogen-bond donors (Lipinski definition) is 0. The summed E-state index contributed by atoms with van der Waals surface area (Å²) in [6.45, 7) is 0. The lowest BCUT2D eigenvalue weighted by molar-refractivity contribution is -0.129. The molecule has 10 heavy (non-hydrogen) atoms. The number of carbonyl (C=O) groups is 1. The lowest BCUT2D eigenvalue weighted by atomic mass is 9.62. The van der Waals surface area contributed by atoms with Crippen LogP contribution < -0.4 is 0 Å². The lowest BCUT2D eigenvalue weighted by Gasteiger charge is -2.41. The van der Waals surface area contributed by atoms with Crippen molar-refractivity contribution in [1.29, 1.82) is 0 Å². The highest BCUT2D eigenvalue weighted by atomic mass is 16.1. The smallest absolute Gasteiger partial charge is 0.161 e. The molecule has 1 spiro atoms. The Morgan fingerprint density at radius 2 is 2.10 bits per heavy atom. The van der Waals surface area contributed by atoms with E-state index in [0.29, 0.717) is 5.78 Å². The molecule has 0 N–H and O–H groups in total. The van der Waals surface area contributed by atoms with Crippen LogP contribution in [0, 0.1) is 5.41 Å². The second-order valence-electron chi connectivity index (χ2n) is 3.44. The van der Waals surface area contributed by atoms with Gasteiger partial charge in [0.2, 0.25) is 0 Å². The monoisotopic (exact) mass is 136 g/mol. The molecule has 1 nitrogen and oxygen atoms in total. The number of allylic oxidation sites excluding steroid dienone is 2. The van der Waals surface area contributed by atoms with Gasteiger partial charge < -0.3 is 0 Å². The van der Waals surface area contributed by atoms with E-state index in [1.165, 1.54) is 6.42 Å². The summed E-state index contributed by atoms with van der Waals surface area (Å²) in [4.78, 5) is 11.3. The van der Waals surface area contributed by atoms with E-state index in [4.69, 9.17) is 0 Å². The van der Waals surface area contributed by atoms with E-state index >= 15 is 0 Å². The predicted molar refractivity (Wildman–Crippen MR) is 39.7 cm³/mol. The summed E-state index contributed by atoms with van der Waals surface area (Å²) in [7, 11) is 0. The Hall–Kier alpha value is -0.590. The second-order valence-corrected chi connectivity index (χ2v) is 3.44. The fourth-order valence-electron chi connectivity index (χ4n) is 1.95. The van der Waals surface area contributed by atoms with Gasteiger partial charge in [0.05, 0.1) is 0 Å². The van der Waals surface area contributed by atoms with Crippen LogP contribution in [0.3, 0.4) is 0 Å². The van der Waals surface area contributed by atoms with Crippen LogP contribution in [0.15, 0.2) is 12.2 Å². The third-order valence-corrected chi connectivity index (χ3v) is 2.89. The fraction of sp³-hybridized carbons (Fsp3) is 0.667. The highest BCUT2D eigenvalue weighted by Crippen LogP contribution is 2.47. The quantitative estimate of drug-likeness (QED) is 0.498. The molecule has 2 aliphatic rings. The molecular weight excluding hydrogens is 124 g/mol. The van der Waals surface area contributed by atoms with Gasteiger partial charge in [-0.05, 0) is 31.8 Å². The molecule has 0 amide bonds. The number of rotatable bonds is 0. The van der Waals surface area contributed by atoms with Gasteiger partial charge in [0.25, 0.3) is 0 Å². The topological polar surface area (TPSA) is 17.1 Å². The van der Waals surface area contributed by atoms with Crippen molar-refractivity contribution in [3.05, 3.63) is 12.2 Å². The number of ketones is 1. The van der Waals surface area contributed by atoms with E-state index in [-0.39, 0.29) is 5.41 Å². The molecule has 0 aromatic rings. The molecule has 0 saturated heterocycles. The standard InChI is InChI=1S/C9H12O/c10-8-4-1-2-5-9(8)6-3-7-9/h1,4H,2-3,5-7H2. The minimum atomic E-state index is 0.134. The zero-order valence-corrected chi connectivity index (χ0v) is 6.10. The first kappa shape index (κ1) is 6.14. The summed E-state index contributed by atoms with van der Waals surface area (Å²) in [5.41, 5.74) is 0.134. The van der Waals surface area contributed by atoms with Crippen molar-refractivity contribution in [1.82, 2.24) is 0 Å². The zero-order chi connectivity index (χ0) is 7.03. The van der Waals surface area contributed by atoms with E-state index in [0.717, 1.165) is 25.7 Å². The van der Waals surface area contributed by atoms with Crippen LogP contribution in [-0.2, 0) is 4.79 Å². The second kappa shape index (κ2) is 1.94. The van der Waals surface area contributed by atoms with E-state index in [1.54, 1.807) is 6.08 Å². The Kier molecular flexibility index (Phi) is 1.19. The van der Waals surface area contributed by atoms with Gasteiger partial charge in [-0.3, -0.25) is 4.79 Å². The average molecular weight is 136 g/mol. The summed E-state index contributed by atoms with van der Waals surface area (Å²) in [5, 5.41) is 0. The largest absolute Gasteiger partial charge is 0.294 e. The van der Waals surface area contributed by atoms with Gasteiger partial charge in [-0.2, -0.15) is 0 Å². The molecule has 2 rings (SSSR count). The fourth-order valence-corrected chi connectivity index (χ4v) is 1.95. The maximum absolute atomic E-state index is 11.3. The van der Waals surface area contributed by atoms with Crippen LogP contribution in [0.25, 0.3) is 0 Å². The minimum absolute atomic E-state index is 0.134. The molecule has 0 unspecified atom stereocenters. The van der Waals surface area contributed by atoms with Crippen molar-refractivity contribution in [2.75, 3.05) is 0 Å². The van der Waals surface area contributed by atoms with E-state index < -0.39 is 0 Å². The van der Waals surface area contributed by atoms with Crippen molar-refractivity contribution in [2.24, 2.45) is 5.41 Å². The maximum Gasteiger partial charge on any atom is 0.161 e. The Labute approximate surface area is 61.1 Å². The maximum atomic E-state index is 11.3. The zero-order valence-electron chi connectivity index (χ0n) is 6.10. The molecule has 1 saturated carbocycles. The Bertz CT molecular complexity index is 187. The Morgan fingerprint density at radius 3 is 2.50 bits per heavy atom. The van der Waals surface area contributed by atoms with Crippen LogP contribution in [0.2, 0.25) is 0 Å². The molecule has 0 aromatic carbocycles. The average Bonchev–Trinajstić information content (AvgIpc) is 1.85. The van der Waals surface area contributed by atoms with Crippen molar-refractivity contribution in [3.8, 4) is 0 Å². The van der Waals surface area contributed by atoms with Gasteiger partial charge in [0.15, 0.2) is 5.78 Å². The molecule has 1 heteroatoms. The normalized spacial score (nSPS) is 28.6. The first-order valence-electron chi connectivity index (χ1n) is 4.05. The first-order chi connectivity index (χ1) is 4.83. The molecule has 2 aliphatic carbocycles. The van der Waals surface area contributed by atoms with Crippen LogP contribution >= 0.6 is 0 Å². The highest BCUT2D eigenvalue weighted by Gasteiger charge is 2.42. The van der Waals surface area contributed by atoms with Gasteiger partial charge in [0.1, 0.15) is 0 Å². The molecule has 0 heterocycles. The van der Waals surface area contributed by atoms with Crippen LogP contribution in [0.4, 0.5) is 0 Å². The summed E-state index contributed by atoms with van der Waals surface area (Å²) in [5.74, 6) is 0.394. The van der Waals surface area contributed by atoms with Crippen molar-refractivity contribution in [2.45, 2.75) is 32.1 Å². The highest BCUT2D eigenvalue weighted by molar-refractivity contribution is 5.96. The van der Waals surface area contributed by atoms with E-state index in [9.17, 15) is 4.79 Å². The van der Waals surface area contributed by atoms with Gasteiger partial charge >= 0.3 is 0 Å². The van der Waals surface area contributed by atoms with Crippen LogP contribution in [-0.4, -0.2) is 5.78 Å². The Balaban J connectivity index is 2.21. The lowest BCUT2D eigenvalue weighted by Crippen LogP contribution is -2.38. The summed E-state index contributed by atoms with van der Waals surface area (Å²) in [6.07, 6.45) is 9.58. The number of hydrogen-bond acceptors (Lipinski definition) is 1. The first-order valence-corrected chi connectivity index (χ1v) is 4.05. The third-order valence-electron chi connectivity index (χ3n) is 2.89. The molecule has 0 radical (unpaired) electrons. The number of carbonyl (C=O) groups excluding carboxylic acids is 1. The van der Waals surface area contributed by atoms with Gasteiger partial charge in [-0.15, -0.1) is 0 Å². The molecule has 1 fully saturated rings. The van der Waals surface area contributed by atoms with E-state index in [1.807, 2.05) is 6.08 Å². The van der Waals surface area contributed by atoms with E-state index in [2.05, 4.69) is 0 Å². The van der Waals surface area contributed by atoms with Gasteiger partial charge in [-0.1, -0.05) is 12.5 Å². The summed E-state index contributed by atoms with van der Waals surface area (Å²) in [6, 6.07) is 0. The summed E-state index contributed by atoms with van der Waals surface area (Å²) >= 11 is 0. The Morgan fingerprint density at radius 1 is 1.30 bits per heavy atom. The molecular formula is C9H12O. The van der Waals surface area contributed by atoms with Crippen LogP contribution in [0.5, 0.6) is 0 Å². The molecule has 0 bridgehead atoms. The molecule has 0 aliphatic heterocycles. The summed E-state index contributed by atoms with van der Waals surface area (Å²) < 4.78 is 0. The van der Waals surface area contributed by atoms with Crippen molar-refractivity contribution < 1.29 is 4.79 Å². The molecule has 0 atom stereocenters. The van der Waals surface area contributed by atoms with Gasteiger partial charge in [0, 0.05) is 5.41 Å². The predicted octanol–water partition coefficient (Wildman–Crippen LogP) is 2.08. The third kappa shape index (κ3) is 0.664.